The van der Waals surface area contributed by atoms with Crippen LogP contribution in [0, 0.1) is 0 Å². The van der Waals surface area contributed by atoms with Crippen LogP contribution in [0.15, 0.2) is 11.5 Å². The van der Waals surface area contributed by atoms with Gasteiger partial charge in [-0.3, -0.25) is 0 Å². The highest BCUT2D eigenvalue weighted by Gasteiger charge is 2.44. The van der Waals surface area contributed by atoms with Gasteiger partial charge in [0, 0.05) is 0 Å². The van der Waals surface area contributed by atoms with E-state index in [4.69, 9.17) is 34.7 Å². The third-order valence-corrected chi connectivity index (χ3v) is 3.00. The Hall–Kier alpha value is -1.14. The largest absolute Gasteiger partial charge is 0.396 e. The first-order valence-corrected chi connectivity index (χ1v) is 5.55. The van der Waals surface area contributed by atoms with Gasteiger partial charge in [-0.2, -0.15) is 5.12 Å². The van der Waals surface area contributed by atoms with Gasteiger partial charge in [0.2, 0.25) is 0 Å². The lowest BCUT2D eigenvalue weighted by molar-refractivity contribution is -0.234. The van der Waals surface area contributed by atoms with Crippen LogP contribution in [-0.4, -0.2) is 46.7 Å². The molecule has 0 aromatic heterocycles. The van der Waals surface area contributed by atoms with E-state index >= 15 is 0 Å². The van der Waals surface area contributed by atoms with Crippen molar-refractivity contribution in [1.29, 1.82) is 0 Å². The highest BCUT2D eigenvalue weighted by atomic mass is 16.1. The summed E-state index contributed by atoms with van der Waals surface area (Å²) < 4.78 is 0. The summed E-state index contributed by atoms with van der Waals surface area (Å²) in [4.78, 5) is 2.03. The molecule has 0 aromatic carbocycles. The van der Waals surface area contributed by atoms with Gasteiger partial charge in [0.15, 0.2) is 5.82 Å². The molecule has 1 aliphatic rings. The Bertz CT molecular complexity index is 328. The lowest BCUT2D eigenvalue weighted by Crippen LogP contribution is -2.78. The summed E-state index contributed by atoms with van der Waals surface area (Å²) in [5.74, 6) is 17.2. The van der Waals surface area contributed by atoms with Crippen molar-refractivity contribution in [2.24, 2.45) is 34.7 Å². The quantitative estimate of drug-likeness (QED) is 0.278. The number of hydrogen-bond acceptors (Lipinski definition) is 10. The molecule has 10 heteroatoms. The number of hydrazine groups is 5. The van der Waals surface area contributed by atoms with E-state index in [9.17, 15) is 0 Å². The maximum absolute atomic E-state index is 6.19. The molecule has 106 valence electrons. The average molecular weight is 260 g/mol. The molecule has 1 unspecified atom stereocenters. The van der Waals surface area contributed by atoms with E-state index in [1.807, 2.05) is 19.0 Å². The predicted octanol–water partition coefficient (Wildman–Crippen LogP) is -3.56. The number of nitrogens with two attached hydrogens (primary N) is 6. The Morgan fingerprint density at radius 2 is 1.72 bits per heavy atom. The van der Waals surface area contributed by atoms with Crippen molar-refractivity contribution in [3.63, 3.8) is 0 Å². The van der Waals surface area contributed by atoms with Crippen LogP contribution in [0.4, 0.5) is 0 Å². The van der Waals surface area contributed by atoms with E-state index in [1.54, 1.807) is 0 Å². The lowest BCUT2D eigenvalue weighted by atomic mass is 10.00. The molecule has 0 saturated heterocycles. The van der Waals surface area contributed by atoms with Crippen molar-refractivity contribution in [2.45, 2.75) is 18.5 Å². The molecule has 0 radical (unpaired) electrons. The Kier molecular flexibility index (Phi) is 4.34. The molecule has 0 bridgehead atoms. The second-order valence-corrected chi connectivity index (χ2v) is 4.64. The van der Waals surface area contributed by atoms with E-state index in [1.165, 1.54) is 0 Å². The average Bonchev–Trinajstić information content (AvgIpc) is 2.32. The van der Waals surface area contributed by atoms with Crippen LogP contribution in [0.3, 0.4) is 0 Å². The Morgan fingerprint density at radius 3 is 2.22 bits per heavy atom. The zero-order valence-electron chi connectivity index (χ0n) is 10.9. The molecular weight excluding hydrogens is 236 g/mol. The normalized spacial score (nSPS) is 27.4. The van der Waals surface area contributed by atoms with Crippen molar-refractivity contribution in [1.82, 2.24) is 20.4 Å². The molecule has 10 nitrogen and oxygen atoms in total. The monoisotopic (exact) mass is 260 g/mol. The highest BCUT2D eigenvalue weighted by molar-refractivity contribution is 5.20. The minimum Gasteiger partial charge on any atom is -0.396 e. The van der Waals surface area contributed by atoms with Gasteiger partial charge in [-0.1, -0.05) is 5.23 Å². The summed E-state index contributed by atoms with van der Waals surface area (Å²) in [5.41, 5.74) is 16.9. The van der Waals surface area contributed by atoms with Gasteiger partial charge in [0.05, 0.1) is 5.70 Å². The van der Waals surface area contributed by atoms with E-state index in [0.717, 1.165) is 28.4 Å². The second kappa shape index (κ2) is 5.24. The van der Waals surface area contributed by atoms with Crippen molar-refractivity contribution in [3.8, 4) is 0 Å². The van der Waals surface area contributed by atoms with Gasteiger partial charge in [-0.05, 0) is 33.5 Å². The van der Waals surface area contributed by atoms with Crippen molar-refractivity contribution >= 4 is 0 Å². The number of nitrogens with zero attached hydrogens (tertiary/aromatic N) is 4. The summed E-state index contributed by atoms with van der Waals surface area (Å²) in [6.45, 7) is 0.844. The molecule has 1 heterocycles. The fourth-order valence-electron chi connectivity index (χ4n) is 1.78. The summed E-state index contributed by atoms with van der Waals surface area (Å²) in [5, 5.41) is 2.95. The van der Waals surface area contributed by atoms with Crippen molar-refractivity contribution < 1.29 is 0 Å². The Labute approximate surface area is 107 Å². The van der Waals surface area contributed by atoms with Crippen LogP contribution in [0.25, 0.3) is 0 Å². The Balaban J connectivity index is 2.89. The lowest BCUT2D eigenvalue weighted by Gasteiger charge is -2.49. The molecule has 0 aromatic rings. The van der Waals surface area contributed by atoms with E-state index in [0.29, 0.717) is 6.42 Å². The fraction of sp³-hybridized carbons (Fsp3) is 0.750. The minimum atomic E-state index is -1.15. The molecule has 1 atom stereocenters. The third kappa shape index (κ3) is 2.49. The molecule has 0 fully saturated rings. The molecule has 1 rings (SSSR count). The molecule has 0 spiro atoms. The first-order chi connectivity index (χ1) is 8.21. The Morgan fingerprint density at radius 1 is 1.17 bits per heavy atom. The SMILES string of the molecule is CN(C)CCCC1(N)C(N)=C(N)N(N)N(N)N1N. The fourth-order valence-corrected chi connectivity index (χ4v) is 1.78. The molecule has 0 amide bonds. The van der Waals surface area contributed by atoms with E-state index < -0.39 is 5.66 Å². The van der Waals surface area contributed by atoms with Gasteiger partial charge in [-0.15, -0.1) is 5.12 Å². The number of hydrogen-bond donors (Lipinski definition) is 6. The van der Waals surface area contributed by atoms with Crippen LogP contribution in [0.2, 0.25) is 0 Å². The van der Waals surface area contributed by atoms with Crippen LogP contribution in [0.1, 0.15) is 12.8 Å². The summed E-state index contributed by atoms with van der Waals surface area (Å²) in [6.07, 6.45) is 1.28. The molecule has 1 aliphatic heterocycles. The summed E-state index contributed by atoms with van der Waals surface area (Å²) in [6, 6.07) is 0. The maximum Gasteiger partial charge on any atom is 0.155 e. The van der Waals surface area contributed by atoms with Gasteiger partial charge in [-0.25, -0.2) is 17.5 Å². The predicted molar refractivity (Wildman–Crippen MR) is 68.2 cm³/mol. The van der Waals surface area contributed by atoms with Gasteiger partial charge in [0.25, 0.3) is 0 Å². The van der Waals surface area contributed by atoms with Gasteiger partial charge in [0.1, 0.15) is 5.66 Å². The molecule has 0 aliphatic carbocycles. The van der Waals surface area contributed by atoms with Crippen LogP contribution in [-0.2, 0) is 0 Å². The maximum atomic E-state index is 6.19. The van der Waals surface area contributed by atoms with E-state index in [2.05, 4.69) is 0 Å². The minimum absolute atomic E-state index is 0.0894. The topological polar surface area (TPSA) is 169 Å². The van der Waals surface area contributed by atoms with Crippen LogP contribution < -0.4 is 34.7 Å². The second-order valence-electron chi connectivity index (χ2n) is 4.64. The zero-order valence-corrected chi connectivity index (χ0v) is 10.9. The first kappa shape index (κ1) is 14.9. The van der Waals surface area contributed by atoms with Crippen LogP contribution in [0.5, 0.6) is 0 Å². The first-order valence-electron chi connectivity index (χ1n) is 5.55. The molecule has 0 saturated carbocycles. The standard InChI is InChI=1S/C8H24N10/c1-15(2)5-3-4-8(11)6(9)7(10)16(12)18(14)17(8)13/h3-5,9-14H2,1-2H3. The van der Waals surface area contributed by atoms with Crippen molar-refractivity contribution in [3.05, 3.63) is 11.5 Å². The summed E-state index contributed by atoms with van der Waals surface area (Å²) in [7, 11) is 3.93. The van der Waals surface area contributed by atoms with Crippen molar-refractivity contribution in [2.75, 3.05) is 20.6 Å². The van der Waals surface area contributed by atoms with Gasteiger partial charge >= 0.3 is 0 Å². The zero-order chi connectivity index (χ0) is 14.1. The summed E-state index contributed by atoms with van der Waals surface area (Å²) >= 11 is 0. The highest BCUT2D eigenvalue weighted by Crippen LogP contribution is 2.25. The van der Waals surface area contributed by atoms with Crippen LogP contribution >= 0.6 is 0 Å². The van der Waals surface area contributed by atoms with Gasteiger partial charge < -0.3 is 22.1 Å². The smallest absolute Gasteiger partial charge is 0.155 e. The van der Waals surface area contributed by atoms with E-state index in [-0.39, 0.29) is 11.5 Å². The molecule has 12 N–H and O–H groups in total. The molecule has 18 heavy (non-hydrogen) atoms. The third-order valence-electron chi connectivity index (χ3n) is 3.00. The molecular formula is C8H24N10. The number of rotatable bonds is 4.